The van der Waals surface area contributed by atoms with Crippen LogP contribution >= 0.6 is 0 Å². The molecular weight excluding hydrogens is 112 g/mol. The highest BCUT2D eigenvalue weighted by Crippen LogP contribution is 2.31. The van der Waals surface area contributed by atoms with E-state index in [-0.39, 0.29) is 0 Å². The second-order valence-electron chi connectivity index (χ2n) is 3.19. The van der Waals surface area contributed by atoms with Crippen LogP contribution in [0.5, 0.6) is 0 Å². The second-order valence-corrected chi connectivity index (χ2v) is 3.19. The Hall–Kier alpha value is -0.330. The SMILES string of the molecule is CC1CCC(CC=O)C1. The van der Waals surface area contributed by atoms with Crippen LogP contribution in [0.1, 0.15) is 32.6 Å². The number of hydrogen-bond donors (Lipinski definition) is 0. The van der Waals surface area contributed by atoms with Gasteiger partial charge < -0.3 is 4.79 Å². The van der Waals surface area contributed by atoms with Crippen molar-refractivity contribution in [2.75, 3.05) is 0 Å². The van der Waals surface area contributed by atoms with Crippen LogP contribution in [-0.2, 0) is 4.79 Å². The van der Waals surface area contributed by atoms with E-state index in [9.17, 15) is 4.79 Å². The van der Waals surface area contributed by atoms with Crippen molar-refractivity contribution in [3.63, 3.8) is 0 Å². The van der Waals surface area contributed by atoms with E-state index in [4.69, 9.17) is 0 Å². The van der Waals surface area contributed by atoms with E-state index in [2.05, 4.69) is 6.92 Å². The molecule has 0 radical (unpaired) electrons. The average Bonchev–Trinajstić information content (AvgIpc) is 2.17. The van der Waals surface area contributed by atoms with Crippen LogP contribution in [-0.4, -0.2) is 6.29 Å². The Morgan fingerprint density at radius 1 is 1.56 bits per heavy atom. The van der Waals surface area contributed by atoms with E-state index < -0.39 is 0 Å². The minimum Gasteiger partial charge on any atom is -0.303 e. The van der Waals surface area contributed by atoms with E-state index in [1.807, 2.05) is 0 Å². The third-order valence-electron chi connectivity index (χ3n) is 2.23. The Morgan fingerprint density at radius 2 is 2.33 bits per heavy atom. The van der Waals surface area contributed by atoms with E-state index in [0.29, 0.717) is 0 Å². The number of carbonyl (C=O) groups excluding carboxylic acids is 1. The Kier molecular flexibility index (Phi) is 2.26. The smallest absolute Gasteiger partial charge is 0.120 e. The van der Waals surface area contributed by atoms with Crippen LogP contribution in [0.15, 0.2) is 0 Å². The molecule has 0 N–H and O–H groups in total. The summed E-state index contributed by atoms with van der Waals surface area (Å²) in [5.41, 5.74) is 0. The van der Waals surface area contributed by atoms with Gasteiger partial charge in [-0.1, -0.05) is 13.3 Å². The van der Waals surface area contributed by atoms with Crippen molar-refractivity contribution >= 4 is 6.29 Å². The zero-order valence-corrected chi connectivity index (χ0v) is 5.97. The van der Waals surface area contributed by atoms with Gasteiger partial charge in [-0.15, -0.1) is 0 Å². The molecule has 0 spiro atoms. The zero-order chi connectivity index (χ0) is 6.69. The maximum Gasteiger partial charge on any atom is 0.120 e. The molecule has 1 nitrogen and oxygen atoms in total. The summed E-state index contributed by atoms with van der Waals surface area (Å²) in [6.45, 7) is 2.27. The van der Waals surface area contributed by atoms with Crippen LogP contribution < -0.4 is 0 Å². The quantitative estimate of drug-likeness (QED) is 0.517. The molecule has 2 atom stereocenters. The largest absolute Gasteiger partial charge is 0.303 e. The summed E-state index contributed by atoms with van der Waals surface area (Å²) in [6.07, 6.45) is 5.74. The number of rotatable bonds is 2. The number of carbonyl (C=O) groups is 1. The number of aldehydes is 1. The second kappa shape index (κ2) is 3.00. The first-order valence-electron chi connectivity index (χ1n) is 3.76. The van der Waals surface area contributed by atoms with Crippen LogP contribution in [0, 0.1) is 11.8 Å². The Bertz CT molecular complexity index is 98.7. The molecule has 0 aromatic heterocycles. The molecule has 1 fully saturated rings. The summed E-state index contributed by atoms with van der Waals surface area (Å²) in [4.78, 5) is 10.1. The van der Waals surface area contributed by atoms with Gasteiger partial charge >= 0.3 is 0 Å². The van der Waals surface area contributed by atoms with Gasteiger partial charge in [0.2, 0.25) is 0 Å². The molecule has 1 aliphatic carbocycles. The van der Waals surface area contributed by atoms with E-state index in [0.717, 1.165) is 24.5 Å². The third kappa shape index (κ3) is 1.81. The van der Waals surface area contributed by atoms with Gasteiger partial charge in [0.25, 0.3) is 0 Å². The topological polar surface area (TPSA) is 17.1 Å². The van der Waals surface area contributed by atoms with Crippen LogP contribution in [0.25, 0.3) is 0 Å². The van der Waals surface area contributed by atoms with Gasteiger partial charge in [0.15, 0.2) is 0 Å². The lowest BCUT2D eigenvalue weighted by Gasteiger charge is -2.01. The lowest BCUT2D eigenvalue weighted by molar-refractivity contribution is -0.108. The summed E-state index contributed by atoms with van der Waals surface area (Å²) in [7, 11) is 0. The third-order valence-corrected chi connectivity index (χ3v) is 2.23. The molecule has 1 heteroatoms. The molecule has 2 unspecified atom stereocenters. The van der Waals surface area contributed by atoms with Crippen molar-refractivity contribution in [2.45, 2.75) is 32.6 Å². The molecule has 0 aromatic rings. The van der Waals surface area contributed by atoms with Gasteiger partial charge in [0.1, 0.15) is 6.29 Å². The van der Waals surface area contributed by atoms with Gasteiger partial charge in [0, 0.05) is 6.42 Å². The van der Waals surface area contributed by atoms with Crippen molar-refractivity contribution in [3.05, 3.63) is 0 Å². The molecule has 1 saturated carbocycles. The molecular formula is C8H14O. The van der Waals surface area contributed by atoms with Crippen molar-refractivity contribution < 1.29 is 4.79 Å². The standard InChI is InChI=1S/C8H14O/c1-7-2-3-8(6-7)4-5-9/h5,7-8H,2-4,6H2,1H3. The molecule has 0 aromatic carbocycles. The maximum atomic E-state index is 10.1. The fourth-order valence-electron chi connectivity index (χ4n) is 1.68. The fourth-order valence-corrected chi connectivity index (χ4v) is 1.68. The van der Waals surface area contributed by atoms with Crippen LogP contribution in [0.4, 0.5) is 0 Å². The molecule has 1 aliphatic rings. The molecule has 1 rings (SSSR count). The lowest BCUT2D eigenvalue weighted by atomic mass is 10.0. The highest BCUT2D eigenvalue weighted by molar-refractivity contribution is 5.49. The van der Waals surface area contributed by atoms with Crippen molar-refractivity contribution in [1.29, 1.82) is 0 Å². The van der Waals surface area contributed by atoms with Gasteiger partial charge in [-0.2, -0.15) is 0 Å². The average molecular weight is 126 g/mol. The summed E-state index contributed by atoms with van der Waals surface area (Å²) < 4.78 is 0. The molecule has 0 aliphatic heterocycles. The van der Waals surface area contributed by atoms with Gasteiger partial charge in [-0.25, -0.2) is 0 Å². The monoisotopic (exact) mass is 126 g/mol. The molecule has 0 bridgehead atoms. The lowest BCUT2D eigenvalue weighted by Crippen LogP contribution is -1.94. The Labute approximate surface area is 56.4 Å². The van der Waals surface area contributed by atoms with Gasteiger partial charge in [-0.3, -0.25) is 0 Å². The van der Waals surface area contributed by atoms with Gasteiger partial charge in [-0.05, 0) is 24.7 Å². The maximum absolute atomic E-state index is 10.1. The summed E-state index contributed by atoms with van der Waals surface area (Å²) in [5.74, 6) is 1.59. The van der Waals surface area contributed by atoms with E-state index in [1.54, 1.807) is 0 Å². The normalized spacial score (nSPS) is 34.8. The minimum absolute atomic E-state index is 0.720. The summed E-state index contributed by atoms with van der Waals surface area (Å²) in [5, 5.41) is 0. The highest BCUT2D eigenvalue weighted by atomic mass is 16.1. The molecule has 52 valence electrons. The first-order chi connectivity index (χ1) is 4.33. The van der Waals surface area contributed by atoms with Crippen molar-refractivity contribution in [1.82, 2.24) is 0 Å². The predicted octanol–water partition coefficient (Wildman–Crippen LogP) is 2.01. The molecule has 0 heterocycles. The highest BCUT2D eigenvalue weighted by Gasteiger charge is 2.19. The summed E-state index contributed by atoms with van der Waals surface area (Å²) >= 11 is 0. The fraction of sp³-hybridized carbons (Fsp3) is 0.875. The summed E-state index contributed by atoms with van der Waals surface area (Å²) in [6, 6.07) is 0. The zero-order valence-electron chi connectivity index (χ0n) is 5.97. The first-order valence-corrected chi connectivity index (χ1v) is 3.76. The van der Waals surface area contributed by atoms with E-state index in [1.165, 1.54) is 19.3 Å². The minimum atomic E-state index is 0.720. The molecule has 0 amide bonds. The Balaban J connectivity index is 2.21. The van der Waals surface area contributed by atoms with E-state index >= 15 is 0 Å². The molecule has 0 saturated heterocycles. The van der Waals surface area contributed by atoms with Gasteiger partial charge in [0.05, 0.1) is 0 Å². The van der Waals surface area contributed by atoms with Crippen LogP contribution in [0.3, 0.4) is 0 Å². The predicted molar refractivity (Wildman–Crippen MR) is 37.2 cm³/mol. The first kappa shape index (κ1) is 6.79. The number of hydrogen-bond acceptors (Lipinski definition) is 1. The molecule has 9 heavy (non-hydrogen) atoms. The van der Waals surface area contributed by atoms with Crippen molar-refractivity contribution in [2.24, 2.45) is 11.8 Å². The Morgan fingerprint density at radius 3 is 2.78 bits per heavy atom. The van der Waals surface area contributed by atoms with Crippen molar-refractivity contribution in [3.8, 4) is 0 Å². The van der Waals surface area contributed by atoms with Crippen LogP contribution in [0.2, 0.25) is 0 Å².